The number of ether oxygens (including phenoxy) is 2. The third-order valence-electron chi connectivity index (χ3n) is 8.34. The quantitative estimate of drug-likeness (QED) is 0.238. The number of methoxy groups -OCH3 is 2. The molecule has 4 aromatic carbocycles. The lowest BCUT2D eigenvalue weighted by Gasteiger charge is -2.35. The van der Waals surface area contributed by atoms with Crippen LogP contribution in [0.25, 0.3) is 5.57 Å². The van der Waals surface area contributed by atoms with E-state index in [-0.39, 0.29) is 11.3 Å². The molecular formula is C38H40O2. The van der Waals surface area contributed by atoms with E-state index in [0.29, 0.717) is 0 Å². The molecule has 2 heteroatoms. The van der Waals surface area contributed by atoms with Crippen molar-refractivity contribution in [2.24, 2.45) is 0 Å². The van der Waals surface area contributed by atoms with Crippen LogP contribution in [0, 0.1) is 13.8 Å². The molecular weight excluding hydrogens is 488 g/mol. The Kier molecular flexibility index (Phi) is 7.47. The first-order valence-corrected chi connectivity index (χ1v) is 14.0. The van der Waals surface area contributed by atoms with Crippen LogP contribution in [0.1, 0.15) is 72.6 Å². The molecule has 0 saturated carbocycles. The number of aryl methyl sites for hydroxylation is 2. The first-order chi connectivity index (χ1) is 19.1. The van der Waals surface area contributed by atoms with Crippen LogP contribution in [-0.2, 0) is 5.41 Å². The molecule has 0 saturated heterocycles. The van der Waals surface area contributed by atoms with Crippen LogP contribution >= 0.6 is 0 Å². The molecule has 0 amide bonds. The van der Waals surface area contributed by atoms with E-state index in [1.807, 2.05) is 0 Å². The lowest BCUT2D eigenvalue weighted by molar-refractivity contribution is 0.414. The van der Waals surface area contributed by atoms with Crippen molar-refractivity contribution in [1.82, 2.24) is 0 Å². The van der Waals surface area contributed by atoms with Gasteiger partial charge in [0.05, 0.1) is 14.2 Å². The Morgan fingerprint density at radius 3 is 1.77 bits per heavy atom. The van der Waals surface area contributed by atoms with Gasteiger partial charge in [0.15, 0.2) is 0 Å². The van der Waals surface area contributed by atoms with E-state index >= 15 is 0 Å². The Morgan fingerprint density at radius 2 is 1.23 bits per heavy atom. The van der Waals surface area contributed by atoms with Crippen LogP contribution < -0.4 is 9.47 Å². The lowest BCUT2D eigenvalue weighted by atomic mass is 9.68. The molecule has 0 fully saturated rings. The number of hydrogen-bond acceptors (Lipinski definition) is 2. The van der Waals surface area contributed by atoms with Crippen molar-refractivity contribution in [3.8, 4) is 11.5 Å². The molecule has 2 nitrogen and oxygen atoms in total. The highest BCUT2D eigenvalue weighted by Gasteiger charge is 2.40. The van der Waals surface area contributed by atoms with E-state index in [4.69, 9.17) is 9.47 Å². The summed E-state index contributed by atoms with van der Waals surface area (Å²) >= 11 is 0. The standard InChI is InChI=1S/C38H40O2/c1-24(2)37(38(5,6)29-16-20-31(40-8)21-17-29)36-34(27-12-9-25(3)10-13-27)32-22-11-26(4)23-33(32)35(36)28-14-18-30(39-7)19-15-28/h9-23,35H,1-8H3/t35-/m0/s1. The van der Waals surface area contributed by atoms with Gasteiger partial charge in [0.2, 0.25) is 0 Å². The third-order valence-corrected chi connectivity index (χ3v) is 8.34. The zero-order valence-corrected chi connectivity index (χ0v) is 25.1. The fourth-order valence-corrected chi connectivity index (χ4v) is 6.42. The average Bonchev–Trinajstić information content (AvgIpc) is 3.26. The molecule has 5 rings (SSSR count). The summed E-state index contributed by atoms with van der Waals surface area (Å²) in [6.07, 6.45) is 0. The van der Waals surface area contributed by atoms with Crippen LogP contribution in [0.4, 0.5) is 0 Å². The third kappa shape index (κ3) is 4.88. The van der Waals surface area contributed by atoms with Crippen molar-refractivity contribution in [2.75, 3.05) is 14.2 Å². The largest absolute Gasteiger partial charge is 0.497 e. The second kappa shape index (κ2) is 10.8. The Labute approximate surface area is 240 Å². The van der Waals surface area contributed by atoms with Crippen LogP contribution in [0.5, 0.6) is 11.5 Å². The second-order valence-electron chi connectivity index (χ2n) is 11.7. The van der Waals surface area contributed by atoms with Crippen molar-refractivity contribution in [1.29, 1.82) is 0 Å². The van der Waals surface area contributed by atoms with Crippen molar-refractivity contribution in [2.45, 2.75) is 52.9 Å². The molecule has 1 aliphatic rings. The highest BCUT2D eigenvalue weighted by molar-refractivity contribution is 5.93. The summed E-state index contributed by atoms with van der Waals surface area (Å²) in [6, 6.07) is 33.2. The van der Waals surface area contributed by atoms with Crippen molar-refractivity contribution in [3.63, 3.8) is 0 Å². The van der Waals surface area contributed by atoms with Gasteiger partial charge in [-0.1, -0.05) is 97.3 Å². The van der Waals surface area contributed by atoms with E-state index in [0.717, 1.165) is 11.5 Å². The number of rotatable bonds is 7. The van der Waals surface area contributed by atoms with Gasteiger partial charge in [-0.2, -0.15) is 0 Å². The summed E-state index contributed by atoms with van der Waals surface area (Å²) in [5.74, 6) is 1.84. The zero-order valence-electron chi connectivity index (χ0n) is 25.1. The van der Waals surface area contributed by atoms with E-state index < -0.39 is 0 Å². The Morgan fingerprint density at radius 1 is 0.675 bits per heavy atom. The summed E-state index contributed by atoms with van der Waals surface area (Å²) in [4.78, 5) is 0. The maximum absolute atomic E-state index is 5.53. The molecule has 0 aliphatic heterocycles. The highest BCUT2D eigenvalue weighted by atomic mass is 16.5. The SMILES string of the molecule is COc1ccc([C@@H]2C(C(=C(C)C)C(C)(C)c3ccc(OC)cc3)=C(c3ccc(C)cc3)c3ccc(C)cc32)cc1. The topological polar surface area (TPSA) is 18.5 Å². The lowest BCUT2D eigenvalue weighted by Crippen LogP contribution is -2.25. The van der Waals surface area contributed by atoms with Crippen molar-refractivity contribution < 1.29 is 9.47 Å². The van der Waals surface area contributed by atoms with E-state index in [2.05, 4.69) is 133 Å². The van der Waals surface area contributed by atoms with Gasteiger partial charge >= 0.3 is 0 Å². The first kappa shape index (κ1) is 27.5. The highest BCUT2D eigenvalue weighted by Crippen LogP contribution is 2.55. The van der Waals surface area contributed by atoms with Crippen LogP contribution in [-0.4, -0.2) is 14.2 Å². The monoisotopic (exact) mass is 528 g/mol. The minimum absolute atomic E-state index is 0.0968. The van der Waals surface area contributed by atoms with Gasteiger partial charge in [-0.15, -0.1) is 0 Å². The summed E-state index contributed by atoms with van der Waals surface area (Å²) < 4.78 is 11.0. The Bertz CT molecular complexity index is 1580. The van der Waals surface area contributed by atoms with Gasteiger partial charge in [0, 0.05) is 11.3 Å². The second-order valence-corrected chi connectivity index (χ2v) is 11.7. The van der Waals surface area contributed by atoms with Crippen molar-refractivity contribution >= 4 is 5.57 Å². The molecule has 1 atom stereocenters. The smallest absolute Gasteiger partial charge is 0.118 e. The summed E-state index contributed by atoms with van der Waals surface area (Å²) in [5, 5.41) is 0. The predicted molar refractivity (Wildman–Crippen MR) is 168 cm³/mol. The summed E-state index contributed by atoms with van der Waals surface area (Å²) in [5.41, 5.74) is 14.2. The summed E-state index contributed by atoms with van der Waals surface area (Å²) in [7, 11) is 3.44. The molecule has 40 heavy (non-hydrogen) atoms. The number of allylic oxidation sites excluding steroid dienone is 3. The van der Waals surface area contributed by atoms with E-state index in [1.54, 1.807) is 14.2 Å². The van der Waals surface area contributed by atoms with Gasteiger partial charge in [0.25, 0.3) is 0 Å². The number of fused-ring (bicyclic) bond motifs is 1. The van der Waals surface area contributed by atoms with Crippen LogP contribution in [0.2, 0.25) is 0 Å². The normalized spacial score (nSPS) is 14.7. The fraction of sp³-hybridized carbons (Fsp3) is 0.263. The average molecular weight is 529 g/mol. The van der Waals surface area contributed by atoms with Gasteiger partial charge < -0.3 is 9.47 Å². The maximum atomic E-state index is 5.53. The predicted octanol–water partition coefficient (Wildman–Crippen LogP) is 9.58. The number of benzene rings is 4. The number of hydrogen-bond donors (Lipinski definition) is 0. The first-order valence-electron chi connectivity index (χ1n) is 14.0. The van der Waals surface area contributed by atoms with Gasteiger partial charge in [0.1, 0.15) is 11.5 Å². The molecule has 0 aromatic heterocycles. The minimum Gasteiger partial charge on any atom is -0.497 e. The van der Waals surface area contributed by atoms with Gasteiger partial charge in [-0.3, -0.25) is 0 Å². The van der Waals surface area contributed by atoms with Crippen LogP contribution in [0.15, 0.2) is 108 Å². The fourth-order valence-electron chi connectivity index (χ4n) is 6.42. The summed E-state index contributed by atoms with van der Waals surface area (Å²) in [6.45, 7) is 13.6. The van der Waals surface area contributed by atoms with Gasteiger partial charge in [-0.05, 0) is 96.5 Å². The maximum Gasteiger partial charge on any atom is 0.118 e. The van der Waals surface area contributed by atoms with Gasteiger partial charge in [-0.25, -0.2) is 0 Å². The molecule has 0 radical (unpaired) electrons. The van der Waals surface area contributed by atoms with E-state index in [1.165, 1.54) is 61.2 Å². The minimum atomic E-state index is -0.252. The van der Waals surface area contributed by atoms with E-state index in [9.17, 15) is 0 Å². The molecule has 1 aliphatic carbocycles. The molecule has 204 valence electrons. The Hall–Kier alpha value is -4.04. The Balaban J connectivity index is 1.85. The molecule has 0 spiro atoms. The molecule has 0 heterocycles. The molecule has 0 unspecified atom stereocenters. The molecule has 4 aromatic rings. The van der Waals surface area contributed by atoms with Crippen molar-refractivity contribution in [3.05, 3.63) is 147 Å². The molecule has 0 bridgehead atoms. The zero-order chi connectivity index (χ0) is 28.6. The van der Waals surface area contributed by atoms with Crippen LogP contribution in [0.3, 0.4) is 0 Å². The molecule has 0 N–H and O–H groups in total.